The summed E-state index contributed by atoms with van der Waals surface area (Å²) in [5.74, 6) is 0.180. The Bertz CT molecular complexity index is 398. The molecular formula is C10H11N3O. The van der Waals surface area contributed by atoms with Crippen molar-refractivity contribution in [2.45, 2.75) is 19.9 Å². The molecule has 4 nitrogen and oxygen atoms in total. The van der Waals surface area contributed by atoms with Crippen LogP contribution in [0.5, 0.6) is 0 Å². The minimum Gasteiger partial charge on any atom is -0.286 e. The van der Waals surface area contributed by atoms with E-state index in [1.54, 1.807) is 6.20 Å². The second-order valence-electron chi connectivity index (χ2n) is 3.62. The zero-order chi connectivity index (χ0) is 10.1. The fourth-order valence-corrected chi connectivity index (χ4v) is 1.52. The first kappa shape index (κ1) is 8.99. The van der Waals surface area contributed by atoms with E-state index in [0.717, 1.165) is 0 Å². The zero-order valence-corrected chi connectivity index (χ0v) is 8.14. The van der Waals surface area contributed by atoms with Crippen molar-refractivity contribution >= 4 is 12.0 Å². The Morgan fingerprint density at radius 2 is 2.00 bits per heavy atom. The molecule has 1 atom stereocenters. The third-order valence-corrected chi connectivity index (χ3v) is 2.22. The second kappa shape index (κ2) is 3.29. The van der Waals surface area contributed by atoms with Crippen molar-refractivity contribution in [3.63, 3.8) is 0 Å². The Balaban J connectivity index is 2.53. The first-order valence-electron chi connectivity index (χ1n) is 4.58. The van der Waals surface area contributed by atoms with E-state index in [1.165, 1.54) is 12.4 Å². The van der Waals surface area contributed by atoms with Crippen molar-refractivity contribution < 1.29 is 4.79 Å². The summed E-state index contributed by atoms with van der Waals surface area (Å²) in [6.45, 7) is 4.10. The van der Waals surface area contributed by atoms with Gasteiger partial charge in [-0.15, -0.1) is 0 Å². The van der Waals surface area contributed by atoms with Gasteiger partial charge in [0.05, 0.1) is 18.0 Å². The lowest BCUT2D eigenvalue weighted by molar-refractivity contribution is 0.106. The predicted molar refractivity (Wildman–Crippen MR) is 52.4 cm³/mol. The van der Waals surface area contributed by atoms with Gasteiger partial charge in [0, 0.05) is 12.4 Å². The smallest absolute Gasteiger partial charge is 0.223 e. The number of carbonyl (C=O) groups is 1. The molecule has 1 unspecified atom stereocenters. The topological polar surface area (TPSA) is 55.2 Å². The van der Waals surface area contributed by atoms with E-state index in [-0.39, 0.29) is 11.8 Å². The summed E-state index contributed by atoms with van der Waals surface area (Å²) in [6, 6.07) is -0.0311. The number of Topliss-reactive ketones (excluding diaryl/α,β-unsaturated/α-hetero) is 1. The van der Waals surface area contributed by atoms with E-state index in [9.17, 15) is 4.79 Å². The number of ketones is 1. The Morgan fingerprint density at radius 1 is 1.29 bits per heavy atom. The van der Waals surface area contributed by atoms with Crippen molar-refractivity contribution in [3.05, 3.63) is 23.8 Å². The van der Waals surface area contributed by atoms with Crippen LogP contribution in [0.25, 0.3) is 0 Å². The minimum absolute atomic E-state index is 0.0311. The van der Waals surface area contributed by atoms with E-state index >= 15 is 0 Å². The normalized spacial score (nSPS) is 19.9. The summed E-state index contributed by atoms with van der Waals surface area (Å²) in [5, 5.41) is 0. The lowest BCUT2D eigenvalue weighted by atomic mass is 9.96. The number of hydrogen-bond acceptors (Lipinski definition) is 4. The van der Waals surface area contributed by atoms with Gasteiger partial charge in [0.2, 0.25) is 5.78 Å². The van der Waals surface area contributed by atoms with Crippen molar-refractivity contribution in [2.24, 2.45) is 10.9 Å². The molecule has 0 aromatic carbocycles. The number of aromatic nitrogens is 2. The molecule has 0 aliphatic carbocycles. The number of fused-ring (bicyclic) bond motifs is 1. The van der Waals surface area contributed by atoms with E-state index in [2.05, 4.69) is 28.8 Å². The van der Waals surface area contributed by atoms with Crippen LogP contribution in [0.2, 0.25) is 0 Å². The van der Waals surface area contributed by atoms with Crippen LogP contribution in [0.4, 0.5) is 0 Å². The predicted octanol–water partition coefficient (Wildman–Crippen LogP) is 1.44. The Kier molecular flexibility index (Phi) is 2.11. The van der Waals surface area contributed by atoms with Gasteiger partial charge in [-0.05, 0) is 5.92 Å². The molecule has 0 amide bonds. The van der Waals surface area contributed by atoms with Gasteiger partial charge in [-0.3, -0.25) is 14.8 Å². The van der Waals surface area contributed by atoms with Crippen molar-refractivity contribution in [1.29, 1.82) is 0 Å². The van der Waals surface area contributed by atoms with Crippen molar-refractivity contribution in [2.75, 3.05) is 0 Å². The molecule has 1 aliphatic rings. The van der Waals surface area contributed by atoms with Crippen LogP contribution in [0.1, 0.15) is 36.1 Å². The first-order valence-corrected chi connectivity index (χ1v) is 4.58. The van der Waals surface area contributed by atoms with Crippen LogP contribution in [-0.2, 0) is 0 Å². The maximum absolute atomic E-state index is 11.4. The molecule has 0 spiro atoms. The van der Waals surface area contributed by atoms with Crippen LogP contribution in [0.3, 0.4) is 0 Å². The Labute approximate surface area is 82.1 Å². The van der Waals surface area contributed by atoms with Crippen LogP contribution >= 0.6 is 0 Å². The molecule has 0 N–H and O–H groups in total. The number of rotatable bonds is 1. The average molecular weight is 189 g/mol. The standard InChI is InChI=1S/C10H11N3O/c1-6(2)8-10-9(7(14)5-13-8)11-3-4-12-10/h3-6,8H,1-2H3. The highest BCUT2D eigenvalue weighted by Crippen LogP contribution is 2.28. The molecule has 0 radical (unpaired) electrons. The van der Waals surface area contributed by atoms with Crippen LogP contribution in [0, 0.1) is 5.92 Å². The molecule has 4 heteroatoms. The number of aliphatic imine (C=N–C) groups is 1. The second-order valence-corrected chi connectivity index (χ2v) is 3.62. The highest BCUT2D eigenvalue weighted by atomic mass is 16.1. The molecule has 2 heterocycles. The molecule has 0 saturated heterocycles. The average Bonchev–Trinajstić information content (AvgIpc) is 2.18. The monoisotopic (exact) mass is 189 g/mol. The fourth-order valence-electron chi connectivity index (χ4n) is 1.52. The summed E-state index contributed by atoms with van der Waals surface area (Å²) in [5.41, 5.74) is 1.15. The Morgan fingerprint density at radius 3 is 2.71 bits per heavy atom. The minimum atomic E-state index is -0.148. The van der Waals surface area contributed by atoms with Gasteiger partial charge in [-0.1, -0.05) is 13.8 Å². The van der Waals surface area contributed by atoms with Gasteiger partial charge in [-0.25, -0.2) is 4.98 Å². The van der Waals surface area contributed by atoms with Gasteiger partial charge >= 0.3 is 0 Å². The molecule has 2 rings (SSSR count). The van der Waals surface area contributed by atoms with Gasteiger partial charge in [-0.2, -0.15) is 0 Å². The van der Waals surface area contributed by atoms with Crippen LogP contribution in [0.15, 0.2) is 17.4 Å². The van der Waals surface area contributed by atoms with Crippen LogP contribution in [-0.4, -0.2) is 22.0 Å². The third kappa shape index (κ3) is 1.32. The van der Waals surface area contributed by atoms with E-state index in [4.69, 9.17) is 0 Å². The van der Waals surface area contributed by atoms with Gasteiger partial charge in [0.15, 0.2) is 0 Å². The molecule has 1 aliphatic heterocycles. The van der Waals surface area contributed by atoms with E-state index < -0.39 is 0 Å². The number of nitrogens with zero attached hydrogens (tertiary/aromatic N) is 3. The molecule has 0 saturated carbocycles. The third-order valence-electron chi connectivity index (χ3n) is 2.22. The maximum Gasteiger partial charge on any atom is 0.223 e. The summed E-state index contributed by atoms with van der Waals surface area (Å²) in [7, 11) is 0. The Hall–Kier alpha value is -1.58. The molecule has 1 aromatic heterocycles. The number of hydrogen-bond donors (Lipinski definition) is 0. The molecule has 1 aromatic rings. The quantitative estimate of drug-likeness (QED) is 0.671. The first-order chi connectivity index (χ1) is 6.70. The van der Waals surface area contributed by atoms with Gasteiger partial charge in [0.25, 0.3) is 0 Å². The molecule has 0 fully saturated rings. The summed E-state index contributed by atoms with van der Waals surface area (Å²) < 4.78 is 0. The zero-order valence-electron chi connectivity index (χ0n) is 8.14. The summed E-state index contributed by atoms with van der Waals surface area (Å²) >= 11 is 0. The van der Waals surface area contributed by atoms with E-state index in [0.29, 0.717) is 17.3 Å². The highest BCUT2D eigenvalue weighted by Gasteiger charge is 2.26. The fraction of sp³-hybridized carbons (Fsp3) is 0.400. The lowest BCUT2D eigenvalue weighted by Crippen LogP contribution is -2.20. The largest absolute Gasteiger partial charge is 0.286 e. The summed E-state index contributed by atoms with van der Waals surface area (Å²) in [6.07, 6.45) is 4.48. The van der Waals surface area contributed by atoms with Crippen LogP contribution < -0.4 is 0 Å². The molecular weight excluding hydrogens is 178 g/mol. The van der Waals surface area contributed by atoms with E-state index in [1.807, 2.05) is 0 Å². The maximum atomic E-state index is 11.4. The van der Waals surface area contributed by atoms with Crippen molar-refractivity contribution in [1.82, 2.24) is 9.97 Å². The SMILES string of the molecule is CC(C)C1N=CC(=O)c2nccnc21. The lowest BCUT2D eigenvalue weighted by Gasteiger charge is -2.20. The summed E-state index contributed by atoms with van der Waals surface area (Å²) in [4.78, 5) is 23.8. The number of carbonyl (C=O) groups excluding carboxylic acids is 1. The van der Waals surface area contributed by atoms with Crippen molar-refractivity contribution in [3.8, 4) is 0 Å². The molecule has 14 heavy (non-hydrogen) atoms. The van der Waals surface area contributed by atoms with Gasteiger partial charge in [0.1, 0.15) is 5.69 Å². The highest BCUT2D eigenvalue weighted by molar-refractivity contribution is 6.35. The molecule has 0 bridgehead atoms. The molecule has 72 valence electrons. The van der Waals surface area contributed by atoms with Gasteiger partial charge < -0.3 is 0 Å².